The van der Waals surface area contributed by atoms with Crippen molar-refractivity contribution in [2.45, 2.75) is 37.5 Å². The van der Waals surface area contributed by atoms with E-state index < -0.39 is 10.0 Å². The summed E-state index contributed by atoms with van der Waals surface area (Å²) in [4.78, 5) is 0.286. The lowest BCUT2D eigenvalue weighted by Gasteiger charge is -2.24. The molecular formula is C24H24ClNO2S. The molecule has 0 spiro atoms. The predicted molar refractivity (Wildman–Crippen MR) is 119 cm³/mol. The van der Waals surface area contributed by atoms with Crippen LogP contribution < -0.4 is 0 Å². The van der Waals surface area contributed by atoms with Crippen molar-refractivity contribution in [3.8, 4) is 11.8 Å². The highest BCUT2D eigenvalue weighted by Crippen LogP contribution is 2.29. The summed E-state index contributed by atoms with van der Waals surface area (Å²) in [6.07, 6.45) is 4.95. The van der Waals surface area contributed by atoms with Crippen LogP contribution in [0.2, 0.25) is 5.02 Å². The Kier molecular flexibility index (Phi) is 6.84. The lowest BCUT2D eigenvalue weighted by atomic mass is 10.0. The maximum Gasteiger partial charge on any atom is 0.264 e. The molecule has 29 heavy (non-hydrogen) atoms. The first-order valence-electron chi connectivity index (χ1n) is 9.62. The van der Waals surface area contributed by atoms with Gasteiger partial charge in [-0.1, -0.05) is 41.3 Å². The first kappa shape index (κ1) is 21.2. The molecule has 2 aromatic carbocycles. The average Bonchev–Trinajstić information content (AvgIpc) is 2.91. The monoisotopic (exact) mass is 425 g/mol. The molecule has 1 aliphatic rings. The van der Waals surface area contributed by atoms with Crippen LogP contribution in [-0.2, 0) is 10.0 Å². The van der Waals surface area contributed by atoms with Gasteiger partial charge in [0, 0.05) is 17.1 Å². The van der Waals surface area contributed by atoms with Crippen molar-refractivity contribution in [1.82, 2.24) is 4.31 Å². The first-order valence-corrected chi connectivity index (χ1v) is 11.4. The van der Waals surface area contributed by atoms with Gasteiger partial charge in [0.05, 0.1) is 4.90 Å². The molecule has 1 aliphatic heterocycles. The third-order valence-corrected chi connectivity index (χ3v) is 6.91. The van der Waals surface area contributed by atoms with E-state index in [0.29, 0.717) is 23.7 Å². The van der Waals surface area contributed by atoms with Gasteiger partial charge in [0.2, 0.25) is 0 Å². The van der Waals surface area contributed by atoms with Crippen molar-refractivity contribution in [3.63, 3.8) is 0 Å². The molecule has 0 aliphatic carbocycles. The lowest BCUT2D eigenvalue weighted by Crippen LogP contribution is -2.31. The van der Waals surface area contributed by atoms with Gasteiger partial charge in [-0.3, -0.25) is 4.31 Å². The molecule has 3 nitrogen and oxygen atoms in total. The summed E-state index contributed by atoms with van der Waals surface area (Å²) in [6.45, 7) is 6.19. The third-order valence-electron chi connectivity index (χ3n) is 4.84. The number of allylic oxidation sites excluding steroid dienone is 3. The Morgan fingerprint density at radius 1 is 1.07 bits per heavy atom. The molecule has 0 unspecified atom stereocenters. The van der Waals surface area contributed by atoms with E-state index in [1.54, 1.807) is 30.3 Å². The lowest BCUT2D eigenvalue weighted by molar-refractivity contribution is 0.480. The van der Waals surface area contributed by atoms with E-state index in [9.17, 15) is 8.42 Å². The van der Waals surface area contributed by atoms with Crippen molar-refractivity contribution in [3.05, 3.63) is 88.6 Å². The van der Waals surface area contributed by atoms with Crippen LogP contribution >= 0.6 is 11.6 Å². The van der Waals surface area contributed by atoms with Crippen molar-refractivity contribution in [2.24, 2.45) is 0 Å². The summed E-state index contributed by atoms with van der Waals surface area (Å²) in [6, 6.07) is 14.2. The Labute approximate surface area is 178 Å². The second kappa shape index (κ2) is 9.35. The van der Waals surface area contributed by atoms with Gasteiger partial charge in [0.25, 0.3) is 10.0 Å². The van der Waals surface area contributed by atoms with Gasteiger partial charge in [-0.2, -0.15) is 0 Å². The van der Waals surface area contributed by atoms with Crippen LogP contribution in [0.15, 0.2) is 77.4 Å². The van der Waals surface area contributed by atoms with Crippen LogP contribution in [0, 0.1) is 18.8 Å². The van der Waals surface area contributed by atoms with Crippen molar-refractivity contribution >= 4 is 21.6 Å². The summed E-state index contributed by atoms with van der Waals surface area (Å²) >= 11 is 5.95. The minimum absolute atomic E-state index is 0.286. The Morgan fingerprint density at radius 2 is 1.76 bits per heavy atom. The molecule has 3 rings (SSSR count). The summed E-state index contributed by atoms with van der Waals surface area (Å²) in [7, 11) is -3.70. The van der Waals surface area contributed by atoms with Crippen LogP contribution in [0.5, 0.6) is 0 Å². The normalized spacial score (nSPS) is 14.8. The molecule has 0 bridgehead atoms. The zero-order valence-electron chi connectivity index (χ0n) is 16.5. The van der Waals surface area contributed by atoms with E-state index >= 15 is 0 Å². The standard InChI is InChI=1S/C24H24ClNO2S/c1-3-6-21-7-4-5-18-26(29(27,28)23-15-8-19(2)9-16-23)24(21)17-12-20-10-13-22(25)14-11-20/h3,8-11,13-16H,1,4-7,18H2,2H3. The SMILES string of the molecule is C=CCC1=C(C#Cc2ccc(Cl)cc2)N(S(=O)(=O)c2ccc(C)cc2)CCCC1. The van der Waals surface area contributed by atoms with Gasteiger partial charge < -0.3 is 0 Å². The fraction of sp³-hybridized carbons (Fsp3) is 0.250. The Hall–Kier alpha value is -2.48. The highest BCUT2D eigenvalue weighted by molar-refractivity contribution is 7.89. The van der Waals surface area contributed by atoms with E-state index in [1.807, 2.05) is 31.2 Å². The summed E-state index contributed by atoms with van der Waals surface area (Å²) in [5.74, 6) is 6.27. The molecule has 0 aromatic heterocycles. The number of hydrogen-bond donors (Lipinski definition) is 0. The van der Waals surface area contributed by atoms with Crippen LogP contribution in [0.1, 0.15) is 36.8 Å². The summed E-state index contributed by atoms with van der Waals surface area (Å²) < 4.78 is 28.4. The number of sulfonamides is 1. The molecule has 0 saturated heterocycles. The van der Waals surface area contributed by atoms with Crippen LogP contribution in [0.4, 0.5) is 0 Å². The fourth-order valence-corrected chi connectivity index (χ4v) is 4.91. The van der Waals surface area contributed by atoms with Gasteiger partial charge in [0.15, 0.2) is 0 Å². The Balaban J connectivity index is 2.09. The molecule has 5 heteroatoms. The zero-order chi connectivity index (χ0) is 20.9. The largest absolute Gasteiger partial charge is 0.264 e. The first-order chi connectivity index (χ1) is 13.9. The molecule has 0 saturated carbocycles. The van der Waals surface area contributed by atoms with Crippen LogP contribution in [0.25, 0.3) is 0 Å². The molecule has 0 fully saturated rings. The fourth-order valence-electron chi connectivity index (χ4n) is 3.27. The number of rotatable bonds is 4. The van der Waals surface area contributed by atoms with E-state index in [4.69, 9.17) is 11.6 Å². The molecule has 2 aromatic rings. The molecule has 0 amide bonds. The number of hydrogen-bond acceptors (Lipinski definition) is 2. The minimum atomic E-state index is -3.70. The topological polar surface area (TPSA) is 37.4 Å². The molecule has 0 atom stereocenters. The maximum absolute atomic E-state index is 13.4. The average molecular weight is 426 g/mol. The van der Waals surface area contributed by atoms with E-state index in [0.717, 1.165) is 36.0 Å². The number of aryl methyl sites for hydroxylation is 1. The summed E-state index contributed by atoms with van der Waals surface area (Å²) in [5, 5.41) is 0.639. The van der Waals surface area contributed by atoms with Crippen molar-refractivity contribution in [1.29, 1.82) is 0 Å². The summed E-state index contributed by atoms with van der Waals surface area (Å²) in [5.41, 5.74) is 3.38. The number of nitrogens with zero attached hydrogens (tertiary/aromatic N) is 1. The molecule has 150 valence electrons. The van der Waals surface area contributed by atoms with E-state index in [-0.39, 0.29) is 4.90 Å². The number of benzene rings is 2. The van der Waals surface area contributed by atoms with Crippen LogP contribution in [0.3, 0.4) is 0 Å². The zero-order valence-corrected chi connectivity index (χ0v) is 18.1. The highest BCUT2D eigenvalue weighted by Gasteiger charge is 2.29. The van der Waals surface area contributed by atoms with E-state index in [1.165, 1.54) is 4.31 Å². The molecule has 0 radical (unpaired) electrons. The van der Waals surface area contributed by atoms with Crippen molar-refractivity contribution in [2.75, 3.05) is 6.54 Å². The van der Waals surface area contributed by atoms with Crippen molar-refractivity contribution < 1.29 is 8.42 Å². The van der Waals surface area contributed by atoms with Gasteiger partial charge in [-0.05, 0) is 80.5 Å². The van der Waals surface area contributed by atoms with Gasteiger partial charge in [-0.25, -0.2) is 8.42 Å². The van der Waals surface area contributed by atoms with Gasteiger partial charge in [0.1, 0.15) is 5.70 Å². The number of halogens is 1. The Morgan fingerprint density at radius 3 is 2.41 bits per heavy atom. The van der Waals surface area contributed by atoms with Gasteiger partial charge >= 0.3 is 0 Å². The smallest absolute Gasteiger partial charge is 0.259 e. The maximum atomic E-state index is 13.4. The Bertz CT molecular complexity index is 1070. The van der Waals surface area contributed by atoms with Gasteiger partial charge in [-0.15, -0.1) is 6.58 Å². The molecular weight excluding hydrogens is 402 g/mol. The second-order valence-corrected chi connectivity index (χ2v) is 9.35. The van der Waals surface area contributed by atoms with E-state index in [2.05, 4.69) is 18.4 Å². The highest BCUT2D eigenvalue weighted by atomic mass is 35.5. The van der Waals surface area contributed by atoms with Crippen LogP contribution in [-0.4, -0.2) is 19.3 Å². The minimum Gasteiger partial charge on any atom is -0.259 e. The molecule has 0 N–H and O–H groups in total. The third kappa shape index (κ3) is 5.12. The second-order valence-electron chi connectivity index (χ2n) is 7.05. The quantitative estimate of drug-likeness (QED) is 0.465. The predicted octanol–water partition coefficient (Wildman–Crippen LogP) is 5.70. The molecule has 1 heterocycles.